The molecule has 1 saturated heterocycles. The van der Waals surface area contributed by atoms with Gasteiger partial charge >= 0.3 is 6.01 Å². The maximum atomic E-state index is 11.8. The summed E-state index contributed by atoms with van der Waals surface area (Å²) in [7, 11) is 0. The number of carbonyl (C=O) groups is 1. The number of nitrogens with one attached hydrogen (secondary N) is 2. The van der Waals surface area contributed by atoms with Gasteiger partial charge in [-0.25, -0.2) is 0 Å². The van der Waals surface area contributed by atoms with E-state index in [1.165, 1.54) is 0 Å². The molecule has 1 aromatic heterocycles. The van der Waals surface area contributed by atoms with Crippen LogP contribution >= 0.6 is 0 Å². The molecule has 7 nitrogen and oxygen atoms in total. The van der Waals surface area contributed by atoms with E-state index in [9.17, 15) is 4.79 Å². The molecule has 20 heavy (non-hydrogen) atoms. The Kier molecular flexibility index (Phi) is 5.34. The van der Waals surface area contributed by atoms with Crippen LogP contribution in [0.25, 0.3) is 0 Å². The van der Waals surface area contributed by atoms with Crippen LogP contribution in [0, 0.1) is 0 Å². The van der Waals surface area contributed by atoms with Crippen molar-refractivity contribution in [2.75, 3.05) is 25.0 Å². The van der Waals surface area contributed by atoms with Gasteiger partial charge in [0.15, 0.2) is 0 Å². The summed E-state index contributed by atoms with van der Waals surface area (Å²) in [4.78, 5) is 13.7. The molecule has 0 atom stereocenters. The lowest BCUT2D eigenvalue weighted by Gasteiger charge is -2.14. The molecule has 0 bridgehead atoms. The van der Waals surface area contributed by atoms with Gasteiger partial charge in [0.1, 0.15) is 0 Å². The standard InChI is InChI=1S/C13H23N5O2/c1-10(2)15-9-11-16-17-13(20-11)14-6-5-12(19)18-7-3-4-8-18/h10,15H,3-9H2,1-2H3,(H,14,17). The molecule has 1 aromatic rings. The molecule has 1 aliphatic rings. The Labute approximate surface area is 119 Å². The van der Waals surface area contributed by atoms with Crippen LogP contribution < -0.4 is 10.6 Å². The summed E-state index contributed by atoms with van der Waals surface area (Å²) in [5.74, 6) is 0.739. The first kappa shape index (κ1) is 14.8. The van der Waals surface area contributed by atoms with Crippen molar-refractivity contribution in [2.45, 2.75) is 45.7 Å². The minimum Gasteiger partial charge on any atom is -0.407 e. The number of rotatable bonds is 7. The quantitative estimate of drug-likeness (QED) is 0.775. The molecule has 7 heteroatoms. The van der Waals surface area contributed by atoms with E-state index < -0.39 is 0 Å². The van der Waals surface area contributed by atoms with Crippen LogP contribution in [-0.2, 0) is 11.3 Å². The molecule has 0 spiro atoms. The highest BCUT2D eigenvalue weighted by molar-refractivity contribution is 5.76. The lowest BCUT2D eigenvalue weighted by atomic mass is 10.3. The van der Waals surface area contributed by atoms with Crippen LogP contribution in [0.3, 0.4) is 0 Å². The second-order valence-electron chi connectivity index (χ2n) is 5.30. The van der Waals surface area contributed by atoms with Crippen molar-refractivity contribution in [3.63, 3.8) is 0 Å². The van der Waals surface area contributed by atoms with Gasteiger partial charge in [0.05, 0.1) is 6.54 Å². The van der Waals surface area contributed by atoms with Gasteiger partial charge in [0, 0.05) is 32.1 Å². The van der Waals surface area contributed by atoms with Gasteiger partial charge in [0.2, 0.25) is 11.8 Å². The highest BCUT2D eigenvalue weighted by atomic mass is 16.4. The Balaban J connectivity index is 1.67. The van der Waals surface area contributed by atoms with Gasteiger partial charge in [-0.3, -0.25) is 4.79 Å². The van der Waals surface area contributed by atoms with E-state index in [0.29, 0.717) is 37.5 Å². The summed E-state index contributed by atoms with van der Waals surface area (Å²) in [6, 6.07) is 0.746. The summed E-state index contributed by atoms with van der Waals surface area (Å²) in [6.45, 7) is 6.97. The number of hydrogen-bond donors (Lipinski definition) is 2. The fourth-order valence-electron chi connectivity index (χ4n) is 2.09. The first-order valence-electron chi connectivity index (χ1n) is 7.22. The van der Waals surface area contributed by atoms with Gasteiger partial charge in [-0.2, -0.15) is 0 Å². The lowest BCUT2D eigenvalue weighted by Crippen LogP contribution is -2.29. The molecular weight excluding hydrogens is 258 g/mol. The van der Waals surface area contributed by atoms with Crippen molar-refractivity contribution in [1.29, 1.82) is 0 Å². The Morgan fingerprint density at radius 1 is 1.35 bits per heavy atom. The van der Waals surface area contributed by atoms with Crippen molar-refractivity contribution in [3.05, 3.63) is 5.89 Å². The highest BCUT2D eigenvalue weighted by Crippen LogP contribution is 2.09. The smallest absolute Gasteiger partial charge is 0.315 e. The molecule has 2 heterocycles. The van der Waals surface area contributed by atoms with E-state index in [0.717, 1.165) is 25.9 Å². The largest absolute Gasteiger partial charge is 0.407 e. The maximum Gasteiger partial charge on any atom is 0.315 e. The second kappa shape index (κ2) is 7.23. The average Bonchev–Trinajstić information content (AvgIpc) is 3.08. The molecule has 1 aliphatic heterocycles. The van der Waals surface area contributed by atoms with E-state index in [-0.39, 0.29) is 5.91 Å². The maximum absolute atomic E-state index is 11.8. The number of amides is 1. The Bertz CT molecular complexity index is 426. The number of anilines is 1. The predicted molar refractivity (Wildman–Crippen MR) is 75.2 cm³/mol. The SMILES string of the molecule is CC(C)NCc1nnc(NCCC(=O)N2CCCC2)o1. The topological polar surface area (TPSA) is 83.3 Å². The van der Waals surface area contributed by atoms with Crippen molar-refractivity contribution >= 4 is 11.9 Å². The Morgan fingerprint density at radius 2 is 2.10 bits per heavy atom. The summed E-state index contributed by atoms with van der Waals surface area (Å²) in [6.07, 6.45) is 2.70. The Hall–Kier alpha value is -1.63. The van der Waals surface area contributed by atoms with Crippen molar-refractivity contribution < 1.29 is 9.21 Å². The van der Waals surface area contributed by atoms with Gasteiger partial charge in [0.25, 0.3) is 0 Å². The molecule has 0 aliphatic carbocycles. The van der Waals surface area contributed by atoms with Crippen molar-refractivity contribution in [3.8, 4) is 0 Å². The van der Waals surface area contributed by atoms with Crippen LogP contribution in [0.2, 0.25) is 0 Å². The number of carbonyl (C=O) groups excluding carboxylic acids is 1. The molecule has 0 unspecified atom stereocenters. The molecule has 112 valence electrons. The Morgan fingerprint density at radius 3 is 2.80 bits per heavy atom. The van der Waals surface area contributed by atoms with E-state index in [4.69, 9.17) is 4.42 Å². The van der Waals surface area contributed by atoms with Gasteiger partial charge in [-0.15, -0.1) is 5.10 Å². The van der Waals surface area contributed by atoms with Gasteiger partial charge in [-0.1, -0.05) is 18.9 Å². The molecule has 2 rings (SSSR count). The number of hydrogen-bond acceptors (Lipinski definition) is 6. The van der Waals surface area contributed by atoms with Crippen LogP contribution in [0.1, 0.15) is 39.0 Å². The highest BCUT2D eigenvalue weighted by Gasteiger charge is 2.17. The third-order valence-electron chi connectivity index (χ3n) is 3.20. The zero-order valence-electron chi connectivity index (χ0n) is 12.2. The van der Waals surface area contributed by atoms with E-state index in [1.54, 1.807) is 0 Å². The van der Waals surface area contributed by atoms with Crippen LogP contribution in [0.5, 0.6) is 0 Å². The fourth-order valence-corrected chi connectivity index (χ4v) is 2.09. The third-order valence-corrected chi connectivity index (χ3v) is 3.20. The summed E-state index contributed by atoms with van der Waals surface area (Å²) in [5, 5.41) is 14.0. The minimum absolute atomic E-state index is 0.191. The molecule has 1 amide bonds. The normalized spacial score (nSPS) is 15.1. The van der Waals surface area contributed by atoms with Crippen LogP contribution in [-0.4, -0.2) is 46.7 Å². The minimum atomic E-state index is 0.191. The first-order valence-corrected chi connectivity index (χ1v) is 7.22. The van der Waals surface area contributed by atoms with Crippen molar-refractivity contribution in [2.24, 2.45) is 0 Å². The fraction of sp³-hybridized carbons (Fsp3) is 0.769. The third kappa shape index (κ3) is 4.48. The van der Waals surface area contributed by atoms with Gasteiger partial charge < -0.3 is 20.0 Å². The molecule has 0 radical (unpaired) electrons. The van der Waals surface area contributed by atoms with Crippen LogP contribution in [0.15, 0.2) is 4.42 Å². The molecule has 0 aromatic carbocycles. The second-order valence-corrected chi connectivity index (χ2v) is 5.30. The summed E-state index contributed by atoms with van der Waals surface area (Å²) in [5.41, 5.74) is 0. The zero-order chi connectivity index (χ0) is 14.4. The lowest BCUT2D eigenvalue weighted by molar-refractivity contribution is -0.129. The number of likely N-dealkylation sites (tertiary alicyclic amines) is 1. The summed E-state index contributed by atoms with van der Waals surface area (Å²) >= 11 is 0. The molecule has 1 fully saturated rings. The first-order chi connectivity index (χ1) is 9.65. The zero-order valence-corrected chi connectivity index (χ0v) is 12.2. The van der Waals surface area contributed by atoms with Crippen molar-refractivity contribution in [1.82, 2.24) is 20.4 Å². The molecule has 0 saturated carbocycles. The summed E-state index contributed by atoms with van der Waals surface area (Å²) < 4.78 is 5.42. The van der Waals surface area contributed by atoms with Crippen LogP contribution in [0.4, 0.5) is 6.01 Å². The monoisotopic (exact) mass is 281 g/mol. The predicted octanol–water partition coefficient (Wildman–Crippen LogP) is 0.992. The number of aromatic nitrogens is 2. The van der Waals surface area contributed by atoms with E-state index in [1.807, 2.05) is 4.90 Å². The van der Waals surface area contributed by atoms with E-state index >= 15 is 0 Å². The molecular formula is C13H23N5O2. The molecule has 2 N–H and O–H groups in total. The van der Waals surface area contributed by atoms with Gasteiger partial charge in [-0.05, 0) is 12.8 Å². The average molecular weight is 281 g/mol. The number of nitrogens with zero attached hydrogens (tertiary/aromatic N) is 3. The van der Waals surface area contributed by atoms with E-state index in [2.05, 4.69) is 34.7 Å².